The van der Waals surface area contributed by atoms with Gasteiger partial charge in [-0.2, -0.15) is 0 Å². The van der Waals surface area contributed by atoms with E-state index >= 15 is 0 Å². The largest absolute Gasteiger partial charge is 0.465 e. The van der Waals surface area contributed by atoms with Gasteiger partial charge in [-0.05, 0) is 30.7 Å². The Kier molecular flexibility index (Phi) is 4.96. The molecule has 0 N–H and O–H groups in total. The number of benzene rings is 1. The molecular formula is C14H18BrNO3. The number of halogens is 1. The van der Waals surface area contributed by atoms with E-state index in [-0.39, 0.29) is 12.1 Å². The number of hydrogen-bond donors (Lipinski definition) is 0. The molecule has 1 atom stereocenters. The summed E-state index contributed by atoms with van der Waals surface area (Å²) in [7, 11) is 1.40. The quantitative estimate of drug-likeness (QED) is 0.799. The molecule has 2 rings (SSSR count). The van der Waals surface area contributed by atoms with Crippen LogP contribution in [0.5, 0.6) is 0 Å². The number of esters is 1. The van der Waals surface area contributed by atoms with E-state index < -0.39 is 0 Å². The summed E-state index contributed by atoms with van der Waals surface area (Å²) in [6, 6.07) is 5.54. The first-order chi connectivity index (χ1) is 9.10. The predicted octanol–water partition coefficient (Wildman–Crippen LogP) is 2.46. The van der Waals surface area contributed by atoms with Crippen LogP contribution in [-0.4, -0.2) is 43.8 Å². The summed E-state index contributed by atoms with van der Waals surface area (Å²) in [5.74, 6) is -0.302. The highest BCUT2D eigenvalue weighted by molar-refractivity contribution is 9.10. The third kappa shape index (κ3) is 3.78. The number of ether oxygens (including phenoxy) is 2. The Bertz CT molecular complexity index is 464. The van der Waals surface area contributed by atoms with Gasteiger partial charge in [-0.25, -0.2) is 4.79 Å². The zero-order valence-electron chi connectivity index (χ0n) is 11.2. The second-order valence-electron chi connectivity index (χ2n) is 4.71. The van der Waals surface area contributed by atoms with Gasteiger partial charge in [0, 0.05) is 24.1 Å². The molecule has 1 unspecified atom stereocenters. The van der Waals surface area contributed by atoms with E-state index in [1.165, 1.54) is 7.11 Å². The van der Waals surface area contributed by atoms with Crippen molar-refractivity contribution >= 4 is 21.9 Å². The Morgan fingerprint density at radius 3 is 3.05 bits per heavy atom. The lowest BCUT2D eigenvalue weighted by molar-refractivity contribution is -0.0212. The first-order valence-corrected chi connectivity index (χ1v) is 7.10. The summed E-state index contributed by atoms with van der Waals surface area (Å²) < 4.78 is 11.3. The van der Waals surface area contributed by atoms with Crippen molar-refractivity contribution in [2.45, 2.75) is 19.6 Å². The van der Waals surface area contributed by atoms with Gasteiger partial charge in [-0.15, -0.1) is 0 Å². The van der Waals surface area contributed by atoms with Crippen molar-refractivity contribution in [2.75, 3.05) is 26.8 Å². The zero-order valence-corrected chi connectivity index (χ0v) is 12.8. The molecule has 0 saturated carbocycles. The third-order valence-electron chi connectivity index (χ3n) is 3.19. The highest BCUT2D eigenvalue weighted by Gasteiger charge is 2.18. The van der Waals surface area contributed by atoms with Crippen molar-refractivity contribution in [1.82, 2.24) is 4.90 Å². The number of hydrogen-bond acceptors (Lipinski definition) is 4. The molecule has 5 heteroatoms. The molecule has 19 heavy (non-hydrogen) atoms. The van der Waals surface area contributed by atoms with Gasteiger partial charge >= 0.3 is 5.97 Å². The lowest BCUT2D eigenvalue weighted by Crippen LogP contribution is -2.40. The van der Waals surface area contributed by atoms with Crippen molar-refractivity contribution in [3.05, 3.63) is 33.8 Å². The fourth-order valence-electron chi connectivity index (χ4n) is 2.22. The SMILES string of the molecule is COC(=O)c1ccc(Br)c(CN2CCOC(C)C2)c1. The van der Waals surface area contributed by atoms with E-state index in [1.54, 1.807) is 6.07 Å². The number of morpholine rings is 1. The summed E-state index contributed by atoms with van der Waals surface area (Å²) >= 11 is 3.53. The smallest absolute Gasteiger partial charge is 0.337 e. The van der Waals surface area contributed by atoms with E-state index in [1.807, 2.05) is 12.1 Å². The van der Waals surface area contributed by atoms with Crippen LogP contribution in [0.25, 0.3) is 0 Å². The van der Waals surface area contributed by atoms with Crippen LogP contribution in [0.2, 0.25) is 0 Å². The van der Waals surface area contributed by atoms with E-state index in [0.29, 0.717) is 5.56 Å². The number of rotatable bonds is 3. The molecule has 0 radical (unpaired) electrons. The maximum Gasteiger partial charge on any atom is 0.337 e. The van der Waals surface area contributed by atoms with Crippen LogP contribution in [-0.2, 0) is 16.0 Å². The van der Waals surface area contributed by atoms with Crippen LogP contribution < -0.4 is 0 Å². The summed E-state index contributed by atoms with van der Waals surface area (Å²) in [6.07, 6.45) is 0.260. The second kappa shape index (κ2) is 6.50. The number of methoxy groups -OCH3 is 1. The number of carbonyl (C=O) groups is 1. The van der Waals surface area contributed by atoms with E-state index in [9.17, 15) is 4.79 Å². The zero-order chi connectivity index (χ0) is 13.8. The molecule has 4 nitrogen and oxygen atoms in total. The molecule has 0 spiro atoms. The Hall–Kier alpha value is -0.910. The van der Waals surface area contributed by atoms with Crippen LogP contribution in [0, 0.1) is 0 Å². The normalized spacial score (nSPS) is 20.3. The fourth-order valence-corrected chi connectivity index (χ4v) is 2.59. The number of carbonyl (C=O) groups excluding carboxylic acids is 1. The highest BCUT2D eigenvalue weighted by atomic mass is 79.9. The van der Waals surface area contributed by atoms with E-state index in [2.05, 4.69) is 27.8 Å². The minimum Gasteiger partial charge on any atom is -0.465 e. The van der Waals surface area contributed by atoms with Gasteiger partial charge in [-0.3, -0.25) is 4.90 Å². The Morgan fingerprint density at radius 2 is 2.37 bits per heavy atom. The molecule has 0 aromatic heterocycles. The summed E-state index contributed by atoms with van der Waals surface area (Å²) in [5.41, 5.74) is 1.68. The van der Waals surface area contributed by atoms with E-state index in [4.69, 9.17) is 9.47 Å². The van der Waals surface area contributed by atoms with Gasteiger partial charge in [0.2, 0.25) is 0 Å². The fraction of sp³-hybridized carbons (Fsp3) is 0.500. The summed E-state index contributed by atoms with van der Waals surface area (Å²) in [5, 5.41) is 0. The van der Waals surface area contributed by atoms with Gasteiger partial charge in [0.15, 0.2) is 0 Å². The van der Waals surface area contributed by atoms with Gasteiger partial charge in [0.05, 0.1) is 25.4 Å². The standard InChI is InChI=1S/C14H18BrNO3/c1-10-8-16(5-6-19-10)9-12-7-11(14(17)18-2)3-4-13(12)15/h3-4,7,10H,5-6,8-9H2,1-2H3. The monoisotopic (exact) mass is 327 g/mol. The van der Waals surface area contributed by atoms with Gasteiger partial charge in [-0.1, -0.05) is 15.9 Å². The van der Waals surface area contributed by atoms with Crippen LogP contribution in [0.4, 0.5) is 0 Å². The molecule has 0 bridgehead atoms. The van der Waals surface area contributed by atoms with Crippen molar-refractivity contribution in [3.8, 4) is 0 Å². The van der Waals surface area contributed by atoms with Gasteiger partial charge in [0.1, 0.15) is 0 Å². The highest BCUT2D eigenvalue weighted by Crippen LogP contribution is 2.21. The molecule has 1 aliphatic rings. The van der Waals surface area contributed by atoms with Crippen molar-refractivity contribution in [2.24, 2.45) is 0 Å². The molecular weight excluding hydrogens is 310 g/mol. The molecule has 1 saturated heterocycles. The first-order valence-electron chi connectivity index (χ1n) is 6.31. The topological polar surface area (TPSA) is 38.8 Å². The third-order valence-corrected chi connectivity index (χ3v) is 3.96. The maximum absolute atomic E-state index is 11.6. The van der Waals surface area contributed by atoms with Crippen LogP contribution in [0.15, 0.2) is 22.7 Å². The minimum absolute atomic E-state index is 0.260. The lowest BCUT2D eigenvalue weighted by atomic mass is 10.1. The molecule has 0 amide bonds. The van der Waals surface area contributed by atoms with Crippen molar-refractivity contribution < 1.29 is 14.3 Å². The van der Waals surface area contributed by atoms with Crippen molar-refractivity contribution in [3.63, 3.8) is 0 Å². The summed E-state index contributed by atoms with van der Waals surface area (Å²) in [4.78, 5) is 13.9. The molecule has 1 heterocycles. The average Bonchev–Trinajstić information content (AvgIpc) is 2.40. The van der Waals surface area contributed by atoms with Crippen LogP contribution >= 0.6 is 15.9 Å². The maximum atomic E-state index is 11.6. The van der Waals surface area contributed by atoms with Gasteiger partial charge < -0.3 is 9.47 Å². The second-order valence-corrected chi connectivity index (χ2v) is 5.57. The van der Waals surface area contributed by atoms with E-state index in [0.717, 1.165) is 36.3 Å². The Morgan fingerprint density at radius 1 is 1.58 bits per heavy atom. The van der Waals surface area contributed by atoms with Crippen LogP contribution in [0.1, 0.15) is 22.8 Å². The predicted molar refractivity (Wildman–Crippen MR) is 76.2 cm³/mol. The minimum atomic E-state index is -0.302. The molecule has 1 fully saturated rings. The molecule has 1 aromatic rings. The average molecular weight is 328 g/mol. The molecule has 1 aliphatic heterocycles. The number of nitrogens with zero attached hydrogens (tertiary/aromatic N) is 1. The van der Waals surface area contributed by atoms with Crippen molar-refractivity contribution in [1.29, 1.82) is 0 Å². The lowest BCUT2D eigenvalue weighted by Gasteiger charge is -2.31. The Labute approximate surface area is 121 Å². The molecule has 1 aromatic carbocycles. The molecule has 0 aliphatic carbocycles. The Balaban J connectivity index is 2.12. The summed E-state index contributed by atoms with van der Waals surface area (Å²) in [6.45, 7) is 5.47. The van der Waals surface area contributed by atoms with Crippen LogP contribution in [0.3, 0.4) is 0 Å². The first kappa shape index (κ1) is 14.5. The van der Waals surface area contributed by atoms with Gasteiger partial charge in [0.25, 0.3) is 0 Å². The molecule has 104 valence electrons.